The van der Waals surface area contributed by atoms with Crippen LogP contribution < -0.4 is 11.5 Å². The van der Waals surface area contributed by atoms with Gasteiger partial charge in [0.05, 0.1) is 14.3 Å². The van der Waals surface area contributed by atoms with Crippen molar-refractivity contribution in [2.24, 2.45) is 4.30 Å². The quantitative estimate of drug-likeness (QED) is 0.199. The summed E-state index contributed by atoms with van der Waals surface area (Å²) in [6.07, 6.45) is 0. The normalized spacial score (nSPS) is 8.70. The Balaban J connectivity index is 0. The summed E-state index contributed by atoms with van der Waals surface area (Å²) in [5.41, 5.74) is 8.64. The van der Waals surface area contributed by atoms with Crippen molar-refractivity contribution in [2.45, 2.75) is 7.43 Å². The molecule has 0 aliphatic rings. The number of anilines is 2. The predicted octanol–water partition coefficient (Wildman–Crippen LogP) is 4.21. The number of nitro groups is 2. The number of nitro benzene ring substituents is 2. The molecule has 0 amide bonds. The summed E-state index contributed by atoms with van der Waals surface area (Å²) < 4.78 is 28.2. The van der Waals surface area contributed by atoms with Gasteiger partial charge in [0.2, 0.25) is 11.6 Å². The molecule has 2 rings (SSSR count). The van der Waals surface area contributed by atoms with Crippen LogP contribution in [0.1, 0.15) is 7.43 Å². The van der Waals surface area contributed by atoms with Gasteiger partial charge in [-0.05, 0) is 40.2 Å². The Bertz CT molecular complexity index is 811. The molecule has 2 aromatic rings. The van der Waals surface area contributed by atoms with Gasteiger partial charge in [0.1, 0.15) is 11.4 Å². The van der Waals surface area contributed by atoms with Gasteiger partial charge in [-0.1, -0.05) is 13.5 Å². The molecule has 0 bridgehead atoms. The Hall–Kier alpha value is -2.61. The zero-order valence-corrected chi connectivity index (χ0v) is 15.2. The fourth-order valence-corrected chi connectivity index (χ4v) is 1.79. The van der Waals surface area contributed by atoms with Crippen molar-refractivity contribution in [1.29, 1.82) is 0 Å². The van der Waals surface area contributed by atoms with E-state index < -0.39 is 32.9 Å². The molecule has 0 aliphatic carbocycles. The summed E-state index contributed by atoms with van der Waals surface area (Å²) in [6, 6.07) is 6.18. The van der Waals surface area contributed by atoms with E-state index in [1.54, 1.807) is 0 Å². The Morgan fingerprint density at radius 2 is 1.48 bits per heavy atom. The summed E-state index contributed by atoms with van der Waals surface area (Å²) in [5, 5.41) is 20.4. The van der Waals surface area contributed by atoms with Crippen LogP contribution in [0.4, 0.5) is 31.5 Å². The second-order valence-electron chi connectivity index (χ2n) is 4.11. The molecule has 0 saturated carbocycles. The Morgan fingerprint density at radius 1 is 1.04 bits per heavy atom. The minimum absolute atomic E-state index is 0. The number of nitrogens with two attached hydrogens (primary N) is 2. The first-order valence-electron chi connectivity index (χ1n) is 6.18. The number of nitrogens with zero attached hydrogens (tertiary/aromatic N) is 3. The number of nitrogen functional groups attached to an aromatic ring is 2. The van der Waals surface area contributed by atoms with Crippen LogP contribution in [0.25, 0.3) is 0 Å². The van der Waals surface area contributed by atoms with E-state index in [1.807, 2.05) is 0 Å². The fraction of sp³-hybridized carbons (Fsp3) is 0.0769. The molecule has 0 spiro atoms. The molecule has 4 N–H and O–H groups in total. The number of thiol groups is 1. The molecule has 1 radical (unpaired) electrons. The van der Waals surface area contributed by atoms with Crippen molar-refractivity contribution in [3.8, 4) is 0 Å². The molecule has 14 heteroatoms. The van der Waals surface area contributed by atoms with Crippen LogP contribution >= 0.6 is 28.7 Å². The van der Waals surface area contributed by atoms with Crippen molar-refractivity contribution in [1.82, 2.24) is 0 Å². The van der Waals surface area contributed by atoms with Crippen LogP contribution in [0.2, 0.25) is 0 Å². The van der Waals surface area contributed by atoms with E-state index in [0.717, 1.165) is 6.07 Å². The van der Waals surface area contributed by atoms with Crippen molar-refractivity contribution in [3.63, 3.8) is 0 Å². The number of benzene rings is 2. The third-order valence-corrected chi connectivity index (χ3v) is 3.10. The van der Waals surface area contributed by atoms with E-state index in [0.29, 0.717) is 0 Å². The van der Waals surface area contributed by atoms with Crippen LogP contribution in [0.15, 0.2) is 39.1 Å². The maximum absolute atomic E-state index is 12.9. The molecule has 145 valence electrons. The van der Waals surface area contributed by atoms with Crippen molar-refractivity contribution < 1.29 is 18.6 Å². The number of hydrogen-bond acceptors (Lipinski definition) is 8. The molecule has 0 fully saturated rings. The number of halogens is 3. The zero-order chi connectivity index (χ0) is 20.4. The van der Waals surface area contributed by atoms with Crippen LogP contribution in [0, 0.1) is 31.9 Å². The number of hydrogen-bond donors (Lipinski definition) is 3. The van der Waals surface area contributed by atoms with Crippen molar-refractivity contribution in [2.75, 3.05) is 11.5 Å². The molecule has 27 heavy (non-hydrogen) atoms. The molecule has 0 saturated heterocycles. The maximum atomic E-state index is 12.9. The number of para-hydroxylation sites is 1. The second-order valence-corrected chi connectivity index (χ2v) is 5.19. The fourth-order valence-electron chi connectivity index (χ4n) is 1.47. The molecule has 0 atom stereocenters. The summed E-state index contributed by atoms with van der Waals surface area (Å²) in [5.74, 6) is -1.85. The van der Waals surface area contributed by atoms with Crippen LogP contribution in [0.5, 0.6) is 0 Å². The Kier molecular flexibility index (Phi) is 12.5. The summed E-state index contributed by atoms with van der Waals surface area (Å²) in [6.45, 7) is 0. The first-order chi connectivity index (χ1) is 12.1. The average molecular weight is 465 g/mol. The third-order valence-electron chi connectivity index (χ3n) is 2.48. The van der Waals surface area contributed by atoms with Gasteiger partial charge < -0.3 is 11.5 Å². The molecular formula is C13H14BBrF2N5O4S. The van der Waals surface area contributed by atoms with Crippen molar-refractivity contribution >= 4 is 59.1 Å². The van der Waals surface area contributed by atoms with Crippen LogP contribution in [-0.2, 0) is 0 Å². The van der Waals surface area contributed by atoms with Gasteiger partial charge in [-0.2, -0.15) is 8.78 Å². The van der Waals surface area contributed by atoms with Gasteiger partial charge >= 0.3 is 36.1 Å². The number of rotatable bonds is 2. The van der Waals surface area contributed by atoms with Gasteiger partial charge in [0.25, 0.3) is 0 Å². The van der Waals surface area contributed by atoms with Crippen LogP contribution in [0.3, 0.4) is 0 Å². The van der Waals surface area contributed by atoms with Crippen LogP contribution in [-0.4, -0.2) is 17.5 Å². The van der Waals surface area contributed by atoms with E-state index >= 15 is 0 Å². The predicted molar refractivity (Wildman–Crippen MR) is 107 cm³/mol. The van der Waals surface area contributed by atoms with Gasteiger partial charge in [-0.15, -0.1) is 0 Å². The molecular weight excluding hydrogens is 451 g/mol. The average Bonchev–Trinajstić information content (AvgIpc) is 2.52. The van der Waals surface area contributed by atoms with E-state index in [-0.39, 0.29) is 23.3 Å². The summed E-state index contributed by atoms with van der Waals surface area (Å²) in [7, 11) is 4.34. The molecule has 0 aliphatic heterocycles. The van der Waals surface area contributed by atoms with Gasteiger partial charge in [-0.25, -0.2) is 0 Å². The third kappa shape index (κ3) is 8.08. The standard InChI is InChI=1S/C6H4BrFN2O2.C6H5FN2O2.CH4.BHNS/c7-3-1-2-4(9)6(5(3)8)10(11)12;7-4-2-1-3-5(8)6(4)9(10)11;;1-2-3/h1-2H,9H2;1-3H,8H2;1H4;3H. The topological polar surface area (TPSA) is 151 Å². The van der Waals surface area contributed by atoms with Crippen molar-refractivity contribution in [3.05, 3.63) is 66.7 Å². The molecule has 0 heterocycles. The van der Waals surface area contributed by atoms with E-state index in [2.05, 4.69) is 40.7 Å². The Morgan fingerprint density at radius 3 is 1.81 bits per heavy atom. The first kappa shape index (κ1) is 26.6. The SMILES string of the molecule is C.Nc1ccc(Br)c(F)c1[N+](=O)[O-].Nc1cccc(F)c1[N+](=O)[O-].[B]=NS. The zero-order valence-electron chi connectivity index (χ0n) is 12.7. The van der Waals surface area contributed by atoms with Gasteiger partial charge in [-0.3, -0.25) is 20.2 Å². The monoisotopic (exact) mass is 464 g/mol. The first-order valence-corrected chi connectivity index (χ1v) is 7.38. The van der Waals surface area contributed by atoms with E-state index in [1.165, 1.54) is 24.3 Å². The van der Waals surface area contributed by atoms with E-state index in [4.69, 9.17) is 11.5 Å². The Labute approximate surface area is 167 Å². The molecule has 0 aromatic heterocycles. The van der Waals surface area contributed by atoms with E-state index in [9.17, 15) is 29.0 Å². The molecule has 0 unspecified atom stereocenters. The minimum atomic E-state index is -0.944. The molecule has 2 aromatic carbocycles. The summed E-state index contributed by atoms with van der Waals surface area (Å²) >= 11 is 6.00. The van der Waals surface area contributed by atoms with Gasteiger partial charge in [0, 0.05) is 0 Å². The second kappa shape index (κ2) is 12.7. The molecule has 9 nitrogen and oxygen atoms in total. The van der Waals surface area contributed by atoms with Gasteiger partial charge in [0.15, 0.2) is 0 Å². The summed E-state index contributed by atoms with van der Waals surface area (Å²) in [4.78, 5) is 18.7.